The molecule has 122 valence electrons. The Hall–Kier alpha value is -2.33. The van der Waals surface area contributed by atoms with Crippen LogP contribution in [-0.4, -0.2) is 26.1 Å². The number of ketones is 1. The summed E-state index contributed by atoms with van der Waals surface area (Å²) in [6, 6.07) is 14.4. The molecule has 2 rings (SSSR count). The molecule has 0 heterocycles. The summed E-state index contributed by atoms with van der Waals surface area (Å²) in [5.41, 5.74) is 1.40. The summed E-state index contributed by atoms with van der Waals surface area (Å²) in [6.07, 6.45) is -0.710. The highest BCUT2D eigenvalue weighted by Crippen LogP contribution is 2.26. The van der Waals surface area contributed by atoms with Crippen LogP contribution in [0.25, 0.3) is 0 Å². The quantitative estimate of drug-likeness (QED) is 0.723. The van der Waals surface area contributed by atoms with Crippen LogP contribution >= 0.6 is 0 Å². The largest absolute Gasteiger partial charge is 0.497 e. The Morgan fingerprint density at radius 1 is 0.826 bits per heavy atom. The van der Waals surface area contributed by atoms with Crippen molar-refractivity contribution in [3.8, 4) is 11.5 Å². The molecule has 2 aromatic carbocycles. The molecule has 0 N–H and O–H groups in total. The minimum Gasteiger partial charge on any atom is -0.497 e. The van der Waals surface area contributed by atoms with Crippen molar-refractivity contribution in [2.45, 2.75) is 26.1 Å². The fraction of sp³-hybridized carbons (Fsp3) is 0.316. The Balaban J connectivity index is 2.30. The average Bonchev–Trinajstić information content (AvgIpc) is 2.59. The molecule has 23 heavy (non-hydrogen) atoms. The van der Waals surface area contributed by atoms with Crippen LogP contribution in [-0.2, 0) is 4.74 Å². The van der Waals surface area contributed by atoms with Crippen LogP contribution in [0.5, 0.6) is 11.5 Å². The van der Waals surface area contributed by atoms with Crippen molar-refractivity contribution < 1.29 is 19.0 Å². The van der Waals surface area contributed by atoms with Crippen LogP contribution in [0.15, 0.2) is 48.5 Å². The van der Waals surface area contributed by atoms with Gasteiger partial charge in [-0.3, -0.25) is 4.79 Å². The standard InChI is InChI=1S/C19H22O4/c1-13(2)23-19(15-7-11-17(22-4)12-8-15)18(20)14-5-9-16(21-3)10-6-14/h5-13,19H,1-4H3. The lowest BCUT2D eigenvalue weighted by molar-refractivity contribution is 0.0114. The summed E-state index contributed by atoms with van der Waals surface area (Å²) >= 11 is 0. The lowest BCUT2D eigenvalue weighted by atomic mass is 9.99. The first-order valence-electron chi connectivity index (χ1n) is 7.53. The number of hydrogen-bond donors (Lipinski definition) is 0. The van der Waals surface area contributed by atoms with E-state index < -0.39 is 6.10 Å². The molecule has 0 saturated carbocycles. The maximum Gasteiger partial charge on any atom is 0.196 e. The van der Waals surface area contributed by atoms with Gasteiger partial charge in [-0.2, -0.15) is 0 Å². The van der Waals surface area contributed by atoms with E-state index >= 15 is 0 Å². The third kappa shape index (κ3) is 4.33. The van der Waals surface area contributed by atoms with Gasteiger partial charge in [-0.1, -0.05) is 12.1 Å². The van der Waals surface area contributed by atoms with Crippen molar-refractivity contribution in [3.63, 3.8) is 0 Å². The maximum atomic E-state index is 12.8. The molecular weight excluding hydrogens is 292 g/mol. The predicted molar refractivity (Wildman–Crippen MR) is 89.3 cm³/mol. The second-order valence-electron chi connectivity index (χ2n) is 5.43. The molecule has 0 aliphatic carbocycles. The van der Waals surface area contributed by atoms with Gasteiger partial charge in [0.1, 0.15) is 17.6 Å². The maximum absolute atomic E-state index is 12.8. The van der Waals surface area contributed by atoms with E-state index in [9.17, 15) is 4.79 Å². The number of hydrogen-bond acceptors (Lipinski definition) is 4. The molecular formula is C19H22O4. The summed E-state index contributed by atoms with van der Waals surface area (Å²) < 4.78 is 16.1. The Morgan fingerprint density at radius 3 is 1.74 bits per heavy atom. The summed E-state index contributed by atoms with van der Waals surface area (Å²) in [7, 11) is 3.21. The van der Waals surface area contributed by atoms with Gasteiger partial charge in [0.15, 0.2) is 5.78 Å². The normalized spacial score (nSPS) is 12.0. The van der Waals surface area contributed by atoms with Gasteiger partial charge in [0, 0.05) is 5.56 Å². The van der Waals surface area contributed by atoms with E-state index in [2.05, 4.69) is 0 Å². The number of carbonyl (C=O) groups is 1. The third-order valence-electron chi connectivity index (χ3n) is 3.44. The van der Waals surface area contributed by atoms with Gasteiger partial charge < -0.3 is 14.2 Å². The Kier molecular flexibility index (Phi) is 5.77. The van der Waals surface area contributed by atoms with Crippen LogP contribution in [0.4, 0.5) is 0 Å². The highest BCUT2D eigenvalue weighted by molar-refractivity contribution is 6.00. The monoisotopic (exact) mass is 314 g/mol. The first-order valence-corrected chi connectivity index (χ1v) is 7.53. The topological polar surface area (TPSA) is 44.8 Å². The number of methoxy groups -OCH3 is 2. The van der Waals surface area contributed by atoms with E-state index in [1.807, 2.05) is 38.1 Å². The predicted octanol–water partition coefficient (Wildman–Crippen LogP) is 4.05. The van der Waals surface area contributed by atoms with Crippen molar-refractivity contribution >= 4 is 5.78 Å². The molecule has 0 saturated heterocycles. The summed E-state index contributed by atoms with van der Waals surface area (Å²) in [5, 5.41) is 0. The first-order chi connectivity index (χ1) is 11.0. The van der Waals surface area contributed by atoms with E-state index in [0.29, 0.717) is 11.3 Å². The number of Topliss-reactive ketones (excluding diaryl/α,β-unsaturated/α-hetero) is 1. The molecule has 0 radical (unpaired) electrons. The fourth-order valence-electron chi connectivity index (χ4n) is 2.25. The summed E-state index contributed by atoms with van der Waals surface area (Å²) in [4.78, 5) is 12.8. The zero-order chi connectivity index (χ0) is 16.8. The molecule has 0 amide bonds. The SMILES string of the molecule is COc1ccc(C(=O)C(OC(C)C)c2ccc(OC)cc2)cc1. The van der Waals surface area contributed by atoms with Crippen molar-refractivity contribution in [2.24, 2.45) is 0 Å². The van der Waals surface area contributed by atoms with Gasteiger partial charge in [-0.05, 0) is 55.8 Å². The molecule has 0 aliphatic rings. The van der Waals surface area contributed by atoms with Gasteiger partial charge in [0.2, 0.25) is 0 Å². The smallest absolute Gasteiger partial charge is 0.196 e. The fourth-order valence-corrected chi connectivity index (χ4v) is 2.25. The first kappa shape index (κ1) is 17.0. The van der Waals surface area contributed by atoms with Gasteiger partial charge in [0.25, 0.3) is 0 Å². The van der Waals surface area contributed by atoms with Gasteiger partial charge in [-0.25, -0.2) is 0 Å². The highest BCUT2D eigenvalue weighted by Gasteiger charge is 2.24. The van der Waals surface area contributed by atoms with Crippen molar-refractivity contribution in [1.82, 2.24) is 0 Å². The molecule has 1 unspecified atom stereocenters. The zero-order valence-corrected chi connectivity index (χ0v) is 13.9. The van der Waals surface area contributed by atoms with Gasteiger partial charge in [0.05, 0.1) is 20.3 Å². The third-order valence-corrected chi connectivity index (χ3v) is 3.44. The molecule has 4 nitrogen and oxygen atoms in total. The molecule has 0 bridgehead atoms. The molecule has 4 heteroatoms. The molecule has 2 aromatic rings. The van der Waals surface area contributed by atoms with Crippen molar-refractivity contribution in [3.05, 3.63) is 59.7 Å². The van der Waals surface area contributed by atoms with Crippen LogP contribution in [0, 0.1) is 0 Å². The zero-order valence-electron chi connectivity index (χ0n) is 13.9. The summed E-state index contributed by atoms with van der Waals surface area (Å²) in [6.45, 7) is 3.83. The van der Waals surface area contributed by atoms with Crippen LogP contribution in [0.3, 0.4) is 0 Å². The van der Waals surface area contributed by atoms with E-state index in [0.717, 1.165) is 11.3 Å². The second kappa shape index (κ2) is 7.79. The minimum absolute atomic E-state index is 0.0655. The van der Waals surface area contributed by atoms with E-state index in [1.165, 1.54) is 0 Å². The van der Waals surface area contributed by atoms with E-state index in [-0.39, 0.29) is 11.9 Å². The molecule has 1 atom stereocenters. The Morgan fingerprint density at radius 2 is 1.30 bits per heavy atom. The van der Waals surface area contributed by atoms with Gasteiger partial charge >= 0.3 is 0 Å². The summed E-state index contributed by atoms with van der Waals surface area (Å²) in [5.74, 6) is 1.38. The number of benzene rings is 2. The molecule has 0 fully saturated rings. The number of ether oxygens (including phenoxy) is 3. The molecule has 0 aliphatic heterocycles. The highest BCUT2D eigenvalue weighted by atomic mass is 16.5. The van der Waals surface area contributed by atoms with Crippen LogP contribution in [0.1, 0.15) is 35.9 Å². The van der Waals surface area contributed by atoms with E-state index in [1.54, 1.807) is 38.5 Å². The van der Waals surface area contributed by atoms with Crippen LogP contribution < -0.4 is 9.47 Å². The van der Waals surface area contributed by atoms with Crippen LogP contribution in [0.2, 0.25) is 0 Å². The number of carbonyl (C=O) groups excluding carboxylic acids is 1. The van der Waals surface area contributed by atoms with E-state index in [4.69, 9.17) is 14.2 Å². The minimum atomic E-state index is -0.644. The Bertz CT molecular complexity index is 629. The lowest BCUT2D eigenvalue weighted by Crippen LogP contribution is -2.20. The lowest BCUT2D eigenvalue weighted by Gasteiger charge is -2.20. The Labute approximate surface area is 137 Å². The van der Waals surface area contributed by atoms with Gasteiger partial charge in [-0.15, -0.1) is 0 Å². The number of rotatable bonds is 7. The average molecular weight is 314 g/mol. The van der Waals surface area contributed by atoms with Crippen molar-refractivity contribution in [2.75, 3.05) is 14.2 Å². The second-order valence-corrected chi connectivity index (χ2v) is 5.43. The van der Waals surface area contributed by atoms with Crippen molar-refractivity contribution in [1.29, 1.82) is 0 Å². The molecule has 0 aromatic heterocycles. The molecule has 0 spiro atoms.